The number of nitrogen functional groups attached to an aromatic ring is 1. The van der Waals surface area contributed by atoms with E-state index in [1.807, 2.05) is 11.3 Å². The van der Waals surface area contributed by atoms with Crippen LogP contribution in [0.5, 0.6) is 0 Å². The van der Waals surface area contributed by atoms with Gasteiger partial charge in [0, 0.05) is 11.4 Å². The number of likely N-dealkylation sites (tertiary alicyclic amines) is 1. The highest BCUT2D eigenvalue weighted by molar-refractivity contribution is 7.19. The largest absolute Gasteiger partial charge is 0.383 e. The van der Waals surface area contributed by atoms with E-state index in [2.05, 4.69) is 16.8 Å². The third-order valence-corrected chi connectivity index (χ3v) is 6.18. The zero-order chi connectivity index (χ0) is 15.1. The molecular formula is C17H24N4S. The Labute approximate surface area is 135 Å². The predicted molar refractivity (Wildman–Crippen MR) is 92.1 cm³/mol. The summed E-state index contributed by atoms with van der Waals surface area (Å²) in [5, 5.41) is 1.15. The Morgan fingerprint density at radius 1 is 1.23 bits per heavy atom. The first-order valence-electron chi connectivity index (χ1n) is 8.49. The highest BCUT2D eigenvalue weighted by atomic mass is 32.1. The number of anilines is 1. The van der Waals surface area contributed by atoms with Crippen molar-refractivity contribution in [2.24, 2.45) is 5.92 Å². The van der Waals surface area contributed by atoms with Crippen LogP contribution in [0.1, 0.15) is 48.9 Å². The summed E-state index contributed by atoms with van der Waals surface area (Å²) < 4.78 is 0. The third-order valence-electron chi connectivity index (χ3n) is 5.00. The quantitative estimate of drug-likeness (QED) is 0.923. The summed E-state index contributed by atoms with van der Waals surface area (Å²) in [6, 6.07) is 0. The lowest BCUT2D eigenvalue weighted by atomic mass is 9.97. The molecule has 4 nitrogen and oxygen atoms in total. The Morgan fingerprint density at radius 2 is 2.09 bits per heavy atom. The molecule has 1 saturated heterocycles. The molecule has 0 aromatic carbocycles. The minimum atomic E-state index is 0.699. The molecule has 1 fully saturated rings. The summed E-state index contributed by atoms with van der Waals surface area (Å²) >= 11 is 1.84. The molecule has 1 aliphatic heterocycles. The summed E-state index contributed by atoms with van der Waals surface area (Å²) in [6.45, 7) is 5.49. The summed E-state index contributed by atoms with van der Waals surface area (Å²) in [4.78, 5) is 14.6. The molecule has 5 heteroatoms. The number of aryl methyl sites for hydroxylation is 2. The third kappa shape index (κ3) is 2.61. The van der Waals surface area contributed by atoms with Crippen LogP contribution in [0, 0.1) is 5.92 Å². The fraction of sp³-hybridized carbons (Fsp3) is 0.647. The minimum Gasteiger partial charge on any atom is -0.383 e. The maximum atomic E-state index is 6.29. The van der Waals surface area contributed by atoms with Crippen molar-refractivity contribution in [3.63, 3.8) is 0 Å². The van der Waals surface area contributed by atoms with E-state index < -0.39 is 0 Å². The maximum Gasteiger partial charge on any atom is 0.146 e. The molecule has 22 heavy (non-hydrogen) atoms. The molecule has 1 atom stereocenters. The van der Waals surface area contributed by atoms with Gasteiger partial charge in [0.2, 0.25) is 0 Å². The molecular weight excluding hydrogens is 292 g/mol. The van der Waals surface area contributed by atoms with Crippen molar-refractivity contribution < 1.29 is 0 Å². The molecule has 3 heterocycles. The molecule has 2 aromatic heterocycles. The molecule has 4 rings (SSSR count). The van der Waals surface area contributed by atoms with Gasteiger partial charge in [0.1, 0.15) is 16.5 Å². The number of aromatic nitrogens is 2. The topological polar surface area (TPSA) is 55.0 Å². The van der Waals surface area contributed by atoms with Crippen LogP contribution in [0.3, 0.4) is 0 Å². The van der Waals surface area contributed by atoms with Crippen molar-refractivity contribution in [2.45, 2.75) is 52.0 Å². The van der Waals surface area contributed by atoms with Gasteiger partial charge in [-0.05, 0) is 56.6 Å². The lowest BCUT2D eigenvalue weighted by Gasteiger charge is -2.30. The minimum absolute atomic E-state index is 0.699. The summed E-state index contributed by atoms with van der Waals surface area (Å²) in [5.74, 6) is 2.38. The van der Waals surface area contributed by atoms with Crippen LogP contribution in [-0.4, -0.2) is 28.0 Å². The second-order valence-corrected chi connectivity index (χ2v) is 7.98. The van der Waals surface area contributed by atoms with E-state index in [-0.39, 0.29) is 0 Å². The highest BCUT2D eigenvalue weighted by Crippen LogP contribution is 2.37. The fourth-order valence-electron chi connectivity index (χ4n) is 3.93. The second-order valence-electron chi connectivity index (χ2n) is 6.90. The van der Waals surface area contributed by atoms with Gasteiger partial charge >= 0.3 is 0 Å². The average Bonchev–Trinajstić information content (AvgIpc) is 2.85. The van der Waals surface area contributed by atoms with E-state index >= 15 is 0 Å². The van der Waals surface area contributed by atoms with E-state index in [1.165, 1.54) is 42.5 Å². The van der Waals surface area contributed by atoms with Gasteiger partial charge in [-0.3, -0.25) is 4.90 Å². The van der Waals surface area contributed by atoms with Crippen LogP contribution in [0.15, 0.2) is 0 Å². The number of nitrogens with two attached hydrogens (primary N) is 1. The van der Waals surface area contributed by atoms with Crippen molar-refractivity contribution in [3.05, 3.63) is 16.3 Å². The molecule has 0 bridgehead atoms. The Balaban J connectivity index is 1.65. The first-order valence-corrected chi connectivity index (χ1v) is 9.31. The zero-order valence-electron chi connectivity index (χ0n) is 13.3. The lowest BCUT2D eigenvalue weighted by Crippen LogP contribution is -2.34. The standard InChI is InChI=1S/C17H24N4S/c1-11-5-4-8-21(9-11)10-14-19-16(18)15-12-6-2-3-7-13(12)22-17(15)20-14/h11H,2-10H2,1H3,(H2,18,19,20)/t11-/m1/s1. The lowest BCUT2D eigenvalue weighted by molar-refractivity contribution is 0.173. The monoisotopic (exact) mass is 316 g/mol. The Bertz CT molecular complexity index is 694. The first-order chi connectivity index (χ1) is 10.7. The molecule has 0 saturated carbocycles. The van der Waals surface area contributed by atoms with Gasteiger partial charge in [-0.1, -0.05) is 6.92 Å². The van der Waals surface area contributed by atoms with Crippen molar-refractivity contribution in [1.82, 2.24) is 14.9 Å². The van der Waals surface area contributed by atoms with Gasteiger partial charge in [-0.15, -0.1) is 11.3 Å². The smallest absolute Gasteiger partial charge is 0.146 e. The van der Waals surface area contributed by atoms with Gasteiger partial charge in [-0.2, -0.15) is 0 Å². The van der Waals surface area contributed by atoms with Crippen LogP contribution >= 0.6 is 11.3 Å². The van der Waals surface area contributed by atoms with Gasteiger partial charge < -0.3 is 5.73 Å². The van der Waals surface area contributed by atoms with E-state index in [0.717, 1.165) is 48.0 Å². The summed E-state index contributed by atoms with van der Waals surface area (Å²) in [6.07, 6.45) is 7.53. The number of hydrogen-bond donors (Lipinski definition) is 1. The van der Waals surface area contributed by atoms with E-state index in [9.17, 15) is 0 Å². The molecule has 1 aliphatic carbocycles. The van der Waals surface area contributed by atoms with Crippen LogP contribution < -0.4 is 5.73 Å². The van der Waals surface area contributed by atoms with Gasteiger partial charge in [-0.25, -0.2) is 9.97 Å². The zero-order valence-corrected chi connectivity index (χ0v) is 14.1. The SMILES string of the molecule is C[C@@H]1CCCN(Cc2nc(N)c3c4c(sc3n2)CCCC4)C1. The van der Waals surface area contributed by atoms with E-state index in [1.54, 1.807) is 0 Å². The second kappa shape index (κ2) is 5.78. The Hall–Kier alpha value is -1.20. The van der Waals surface area contributed by atoms with Crippen molar-refractivity contribution in [1.29, 1.82) is 0 Å². The fourth-order valence-corrected chi connectivity index (χ4v) is 5.22. The predicted octanol–water partition coefficient (Wildman–Crippen LogP) is 3.38. The molecule has 0 amide bonds. The summed E-state index contributed by atoms with van der Waals surface area (Å²) in [5.41, 5.74) is 7.73. The molecule has 2 N–H and O–H groups in total. The maximum absolute atomic E-state index is 6.29. The van der Waals surface area contributed by atoms with Crippen LogP contribution in [0.4, 0.5) is 5.82 Å². The van der Waals surface area contributed by atoms with E-state index in [4.69, 9.17) is 10.7 Å². The normalized spacial score (nSPS) is 22.9. The molecule has 0 radical (unpaired) electrons. The Morgan fingerprint density at radius 3 is 2.95 bits per heavy atom. The number of piperidine rings is 1. The Kier molecular flexibility index (Phi) is 3.78. The number of fused-ring (bicyclic) bond motifs is 3. The van der Waals surface area contributed by atoms with Crippen LogP contribution in [0.25, 0.3) is 10.2 Å². The van der Waals surface area contributed by atoms with Crippen LogP contribution in [0.2, 0.25) is 0 Å². The number of hydrogen-bond acceptors (Lipinski definition) is 5. The molecule has 118 valence electrons. The highest BCUT2D eigenvalue weighted by Gasteiger charge is 2.22. The van der Waals surface area contributed by atoms with Crippen molar-refractivity contribution >= 4 is 27.4 Å². The average molecular weight is 316 g/mol. The molecule has 2 aromatic rings. The molecule has 0 spiro atoms. The van der Waals surface area contributed by atoms with Gasteiger partial charge in [0.15, 0.2) is 0 Å². The molecule has 2 aliphatic rings. The van der Waals surface area contributed by atoms with Crippen LogP contribution in [-0.2, 0) is 19.4 Å². The number of nitrogens with zero attached hydrogens (tertiary/aromatic N) is 3. The van der Waals surface area contributed by atoms with E-state index in [0.29, 0.717) is 5.82 Å². The van der Waals surface area contributed by atoms with Crippen molar-refractivity contribution in [2.75, 3.05) is 18.8 Å². The van der Waals surface area contributed by atoms with Crippen molar-refractivity contribution in [3.8, 4) is 0 Å². The summed E-state index contributed by atoms with van der Waals surface area (Å²) in [7, 11) is 0. The van der Waals surface area contributed by atoms with Gasteiger partial charge in [0.05, 0.1) is 11.9 Å². The number of rotatable bonds is 2. The molecule has 0 unspecified atom stereocenters. The first kappa shape index (κ1) is 14.4. The number of thiophene rings is 1. The van der Waals surface area contributed by atoms with Gasteiger partial charge in [0.25, 0.3) is 0 Å².